The van der Waals surface area contributed by atoms with E-state index in [1.54, 1.807) is 19.4 Å². The lowest BCUT2D eigenvalue weighted by atomic mass is 10.2. The van der Waals surface area contributed by atoms with Crippen LogP contribution in [0.25, 0.3) is 11.0 Å². The Morgan fingerprint density at radius 2 is 1.94 bits per heavy atom. The zero-order chi connectivity index (χ0) is 13.0. The Balaban J connectivity index is 2.52. The van der Waals surface area contributed by atoms with Gasteiger partial charge < -0.3 is 9.64 Å². The highest BCUT2D eigenvalue weighted by atomic mass is 16.5. The fraction of sp³-hybridized carbons (Fsp3) is 0.308. The molecule has 18 heavy (non-hydrogen) atoms. The molecule has 0 spiro atoms. The summed E-state index contributed by atoms with van der Waals surface area (Å²) in [5.41, 5.74) is 2.20. The average molecular weight is 245 g/mol. The topological polar surface area (TPSA) is 55.3 Å². The smallest absolute Gasteiger partial charge is 0.213 e. The lowest BCUT2D eigenvalue weighted by Crippen LogP contribution is -2.15. The van der Waals surface area contributed by atoms with Gasteiger partial charge in [-0.1, -0.05) is 6.92 Å². The van der Waals surface area contributed by atoms with Crippen molar-refractivity contribution in [3.8, 4) is 5.75 Å². The van der Waals surface area contributed by atoms with Gasteiger partial charge in [0.05, 0.1) is 23.3 Å². The molecule has 0 unspecified atom stereocenters. The Morgan fingerprint density at radius 3 is 2.56 bits per heavy atom. The lowest BCUT2D eigenvalue weighted by Gasteiger charge is -2.16. The number of ether oxygens (including phenoxy) is 1. The van der Waals surface area contributed by atoms with Gasteiger partial charge in [-0.25, -0.2) is 0 Å². The quantitative estimate of drug-likeness (QED) is 0.756. The van der Waals surface area contributed by atoms with Crippen LogP contribution in [0.3, 0.4) is 0 Å². The first-order valence-electron chi connectivity index (χ1n) is 5.82. The second kappa shape index (κ2) is 5.44. The molecule has 0 fully saturated rings. The van der Waals surface area contributed by atoms with Crippen molar-refractivity contribution in [3.05, 3.63) is 24.5 Å². The van der Waals surface area contributed by atoms with Gasteiger partial charge in [-0.2, -0.15) is 0 Å². The third-order valence-corrected chi connectivity index (χ3v) is 2.55. The fourth-order valence-corrected chi connectivity index (χ4v) is 1.64. The maximum absolute atomic E-state index is 10.9. The summed E-state index contributed by atoms with van der Waals surface area (Å²) in [6.07, 6.45) is 4.91. The van der Waals surface area contributed by atoms with Crippen LogP contribution in [-0.2, 0) is 4.79 Å². The number of amides is 1. The SMILES string of the molecule is CCCOc1cc2nccnc2cc1N(C)C=O. The Morgan fingerprint density at radius 1 is 1.28 bits per heavy atom. The molecule has 0 N–H and O–H groups in total. The summed E-state index contributed by atoms with van der Waals surface area (Å²) in [6.45, 7) is 2.63. The summed E-state index contributed by atoms with van der Waals surface area (Å²) in [5, 5.41) is 0. The fourth-order valence-electron chi connectivity index (χ4n) is 1.64. The van der Waals surface area contributed by atoms with E-state index in [-0.39, 0.29) is 0 Å². The summed E-state index contributed by atoms with van der Waals surface area (Å²) in [4.78, 5) is 20.8. The van der Waals surface area contributed by atoms with E-state index >= 15 is 0 Å². The van der Waals surface area contributed by atoms with Crippen LogP contribution >= 0.6 is 0 Å². The first-order valence-corrected chi connectivity index (χ1v) is 5.82. The maximum atomic E-state index is 10.9. The Kier molecular flexibility index (Phi) is 3.72. The maximum Gasteiger partial charge on any atom is 0.213 e. The minimum atomic E-state index is 0.603. The number of rotatable bonds is 5. The Bertz CT molecular complexity index is 557. The van der Waals surface area contributed by atoms with Gasteiger partial charge in [-0.15, -0.1) is 0 Å². The van der Waals surface area contributed by atoms with Crippen molar-refractivity contribution in [3.63, 3.8) is 0 Å². The molecule has 2 aromatic rings. The molecule has 1 aromatic carbocycles. The third-order valence-electron chi connectivity index (χ3n) is 2.55. The van der Waals surface area contributed by atoms with Crippen LogP contribution in [0, 0.1) is 0 Å². The molecule has 1 amide bonds. The molecule has 1 aromatic heterocycles. The number of anilines is 1. The summed E-state index contributed by atoms with van der Waals surface area (Å²) >= 11 is 0. The van der Waals surface area contributed by atoms with Crippen LogP contribution in [0.5, 0.6) is 5.75 Å². The van der Waals surface area contributed by atoms with Crippen molar-refractivity contribution < 1.29 is 9.53 Å². The van der Waals surface area contributed by atoms with Crippen molar-refractivity contribution >= 4 is 23.1 Å². The number of carbonyl (C=O) groups excluding carboxylic acids is 1. The standard InChI is InChI=1S/C13H15N3O2/c1-3-6-18-13-8-11-10(14-4-5-15-11)7-12(13)16(2)9-17/h4-5,7-9H,3,6H2,1-2H3. The molecule has 0 saturated heterocycles. The minimum absolute atomic E-state index is 0.603. The number of carbonyl (C=O) groups is 1. The second-order valence-electron chi connectivity index (χ2n) is 3.93. The number of aromatic nitrogens is 2. The number of hydrogen-bond donors (Lipinski definition) is 0. The van der Waals surface area contributed by atoms with E-state index in [2.05, 4.69) is 9.97 Å². The molecular weight excluding hydrogens is 230 g/mol. The monoisotopic (exact) mass is 245 g/mol. The first kappa shape index (κ1) is 12.3. The van der Waals surface area contributed by atoms with E-state index in [9.17, 15) is 4.79 Å². The summed E-state index contributed by atoms with van der Waals surface area (Å²) in [5.74, 6) is 0.652. The van der Waals surface area contributed by atoms with Gasteiger partial charge in [-0.05, 0) is 12.5 Å². The Labute approximate surface area is 105 Å². The highest BCUT2D eigenvalue weighted by Crippen LogP contribution is 2.30. The normalized spacial score (nSPS) is 10.3. The van der Waals surface area contributed by atoms with E-state index in [0.29, 0.717) is 18.0 Å². The summed E-state index contributed by atoms with van der Waals surface area (Å²) in [6, 6.07) is 3.62. The summed E-state index contributed by atoms with van der Waals surface area (Å²) in [7, 11) is 1.68. The molecule has 5 heteroatoms. The summed E-state index contributed by atoms with van der Waals surface area (Å²) < 4.78 is 5.65. The van der Waals surface area contributed by atoms with Crippen LogP contribution in [-0.4, -0.2) is 30.0 Å². The number of hydrogen-bond acceptors (Lipinski definition) is 4. The molecule has 0 radical (unpaired) electrons. The van der Waals surface area contributed by atoms with Crippen molar-refractivity contribution in [2.24, 2.45) is 0 Å². The minimum Gasteiger partial charge on any atom is -0.491 e. The predicted octanol–water partition coefficient (Wildman–Crippen LogP) is 2.01. The molecule has 1 heterocycles. The van der Waals surface area contributed by atoms with Gasteiger partial charge in [0, 0.05) is 25.5 Å². The lowest BCUT2D eigenvalue weighted by molar-refractivity contribution is -0.107. The van der Waals surface area contributed by atoms with E-state index < -0.39 is 0 Å². The second-order valence-corrected chi connectivity index (χ2v) is 3.93. The molecule has 0 aliphatic heterocycles. The molecule has 0 aliphatic carbocycles. The van der Waals surface area contributed by atoms with Crippen LogP contribution < -0.4 is 9.64 Å². The molecule has 0 aliphatic rings. The predicted molar refractivity (Wildman–Crippen MR) is 69.8 cm³/mol. The molecule has 0 saturated carbocycles. The molecule has 2 rings (SSSR count). The van der Waals surface area contributed by atoms with Crippen LogP contribution in [0.2, 0.25) is 0 Å². The number of fused-ring (bicyclic) bond motifs is 1. The number of benzene rings is 1. The van der Waals surface area contributed by atoms with Crippen molar-refractivity contribution in [1.29, 1.82) is 0 Å². The molecule has 5 nitrogen and oxygen atoms in total. The van der Waals surface area contributed by atoms with Crippen molar-refractivity contribution in [2.75, 3.05) is 18.6 Å². The molecular formula is C13H15N3O2. The molecule has 94 valence electrons. The van der Waals surface area contributed by atoms with Crippen LogP contribution in [0.1, 0.15) is 13.3 Å². The van der Waals surface area contributed by atoms with Crippen LogP contribution in [0.4, 0.5) is 5.69 Å². The van der Waals surface area contributed by atoms with E-state index in [0.717, 1.165) is 23.9 Å². The van der Waals surface area contributed by atoms with Gasteiger partial charge in [-0.3, -0.25) is 14.8 Å². The van der Waals surface area contributed by atoms with Gasteiger partial charge in [0.15, 0.2) is 0 Å². The van der Waals surface area contributed by atoms with E-state index in [4.69, 9.17) is 4.74 Å². The van der Waals surface area contributed by atoms with E-state index in [1.165, 1.54) is 4.90 Å². The average Bonchev–Trinajstić information content (AvgIpc) is 2.43. The van der Waals surface area contributed by atoms with Gasteiger partial charge >= 0.3 is 0 Å². The number of nitrogens with zero attached hydrogens (tertiary/aromatic N) is 3. The molecule has 0 bridgehead atoms. The van der Waals surface area contributed by atoms with Crippen LogP contribution in [0.15, 0.2) is 24.5 Å². The highest BCUT2D eigenvalue weighted by molar-refractivity contribution is 5.87. The first-order chi connectivity index (χ1) is 8.76. The zero-order valence-corrected chi connectivity index (χ0v) is 10.5. The highest BCUT2D eigenvalue weighted by Gasteiger charge is 2.11. The van der Waals surface area contributed by atoms with E-state index in [1.807, 2.05) is 19.1 Å². The third kappa shape index (κ3) is 2.40. The van der Waals surface area contributed by atoms with Gasteiger partial charge in [0.1, 0.15) is 5.75 Å². The molecule has 0 atom stereocenters. The Hall–Kier alpha value is -2.17. The largest absolute Gasteiger partial charge is 0.491 e. The van der Waals surface area contributed by atoms with Gasteiger partial charge in [0.2, 0.25) is 6.41 Å². The van der Waals surface area contributed by atoms with Crippen molar-refractivity contribution in [1.82, 2.24) is 9.97 Å². The van der Waals surface area contributed by atoms with Gasteiger partial charge in [0.25, 0.3) is 0 Å². The van der Waals surface area contributed by atoms with Crippen molar-refractivity contribution in [2.45, 2.75) is 13.3 Å². The zero-order valence-electron chi connectivity index (χ0n) is 10.5.